The van der Waals surface area contributed by atoms with Gasteiger partial charge in [-0.25, -0.2) is 4.98 Å². The molecule has 1 aliphatic carbocycles. The second-order valence-corrected chi connectivity index (χ2v) is 8.44. The second-order valence-electron chi connectivity index (χ2n) is 7.60. The number of aryl methyl sites for hydroxylation is 1. The summed E-state index contributed by atoms with van der Waals surface area (Å²) in [6.45, 7) is 5.69. The van der Waals surface area contributed by atoms with E-state index >= 15 is 0 Å². The van der Waals surface area contributed by atoms with Crippen LogP contribution in [0.3, 0.4) is 0 Å². The lowest BCUT2D eigenvalue weighted by Crippen LogP contribution is -2.39. The molecule has 7 heteroatoms. The molecule has 1 amide bonds. The van der Waals surface area contributed by atoms with E-state index < -0.39 is 0 Å². The zero-order valence-corrected chi connectivity index (χ0v) is 18.2. The van der Waals surface area contributed by atoms with Crippen molar-refractivity contribution in [1.82, 2.24) is 19.8 Å². The number of rotatable bonds is 6. The van der Waals surface area contributed by atoms with Crippen LogP contribution >= 0.6 is 24.2 Å². The van der Waals surface area contributed by atoms with Crippen molar-refractivity contribution in [2.75, 3.05) is 19.3 Å². The molecular formula is C21H29ClN4OS. The van der Waals surface area contributed by atoms with Crippen molar-refractivity contribution in [3.63, 3.8) is 0 Å². The lowest BCUT2D eigenvalue weighted by atomic mass is 9.93. The molecule has 1 aliphatic heterocycles. The number of halogens is 1. The van der Waals surface area contributed by atoms with Gasteiger partial charge in [-0.05, 0) is 63.1 Å². The van der Waals surface area contributed by atoms with Gasteiger partial charge in [0.15, 0.2) is 0 Å². The highest BCUT2D eigenvalue weighted by atomic mass is 35.5. The molecule has 2 heterocycles. The average molecular weight is 421 g/mol. The van der Waals surface area contributed by atoms with E-state index in [1.807, 2.05) is 42.9 Å². The molecule has 0 bridgehead atoms. The van der Waals surface area contributed by atoms with Crippen LogP contribution in [0.1, 0.15) is 42.4 Å². The van der Waals surface area contributed by atoms with E-state index in [1.54, 1.807) is 11.8 Å². The predicted molar refractivity (Wildman–Crippen MR) is 116 cm³/mol. The van der Waals surface area contributed by atoms with Crippen LogP contribution in [0.25, 0.3) is 0 Å². The number of hydrogen-bond acceptors (Lipinski definition) is 4. The zero-order chi connectivity index (χ0) is 18.9. The van der Waals surface area contributed by atoms with Gasteiger partial charge in [0.25, 0.3) is 5.91 Å². The Kier molecular flexibility index (Phi) is 6.73. The third-order valence-electron chi connectivity index (χ3n) is 6.17. The monoisotopic (exact) mass is 420 g/mol. The normalized spacial score (nSPS) is 19.9. The Bertz CT molecular complexity index is 818. The highest BCUT2D eigenvalue weighted by Crippen LogP contribution is 2.56. The molecule has 4 rings (SSSR count). The molecule has 0 radical (unpaired) electrons. The molecule has 1 aromatic heterocycles. The first-order chi connectivity index (χ1) is 13.2. The Morgan fingerprint density at radius 1 is 1.36 bits per heavy atom. The number of carbonyl (C=O) groups excluding carboxylic acids is 1. The molecule has 2 fully saturated rings. The van der Waals surface area contributed by atoms with Crippen LogP contribution in [0.5, 0.6) is 0 Å². The third-order valence-corrected chi connectivity index (χ3v) is 6.97. The molecule has 152 valence electrons. The first-order valence-corrected chi connectivity index (χ1v) is 11.1. The summed E-state index contributed by atoms with van der Waals surface area (Å²) >= 11 is 1.64. The van der Waals surface area contributed by atoms with Crippen molar-refractivity contribution in [2.45, 2.75) is 50.2 Å². The number of nitrogens with one attached hydrogen (secondary N) is 1. The Morgan fingerprint density at radius 3 is 2.82 bits per heavy atom. The fourth-order valence-electron chi connectivity index (χ4n) is 4.46. The SMILES string of the molecule is CCn1ccnc1CN(C(=O)c1ccccc1SC)C1CC12CCNCC2.Cl. The molecule has 1 saturated carbocycles. The zero-order valence-electron chi connectivity index (χ0n) is 16.6. The van der Waals surface area contributed by atoms with Crippen LogP contribution < -0.4 is 5.32 Å². The second kappa shape index (κ2) is 8.89. The minimum absolute atomic E-state index is 0. The molecule has 5 nitrogen and oxygen atoms in total. The topological polar surface area (TPSA) is 50.2 Å². The van der Waals surface area contributed by atoms with Crippen molar-refractivity contribution in [3.8, 4) is 0 Å². The van der Waals surface area contributed by atoms with Crippen LogP contribution in [0.15, 0.2) is 41.6 Å². The van der Waals surface area contributed by atoms with Crippen molar-refractivity contribution < 1.29 is 4.79 Å². The first-order valence-electron chi connectivity index (χ1n) is 9.83. The molecule has 1 aromatic carbocycles. The highest BCUT2D eigenvalue weighted by Gasteiger charge is 2.58. The summed E-state index contributed by atoms with van der Waals surface area (Å²) in [6, 6.07) is 8.29. The van der Waals surface area contributed by atoms with Gasteiger partial charge in [0.05, 0.1) is 12.1 Å². The largest absolute Gasteiger partial charge is 0.334 e. The summed E-state index contributed by atoms with van der Waals surface area (Å²) in [5, 5.41) is 3.46. The minimum Gasteiger partial charge on any atom is -0.334 e. The van der Waals surface area contributed by atoms with Crippen LogP contribution in [0.4, 0.5) is 0 Å². The maximum atomic E-state index is 13.6. The van der Waals surface area contributed by atoms with Crippen LogP contribution in [0, 0.1) is 5.41 Å². The Morgan fingerprint density at radius 2 is 2.11 bits per heavy atom. The smallest absolute Gasteiger partial charge is 0.255 e. The molecule has 1 spiro atoms. The van der Waals surface area contributed by atoms with Crippen molar-refractivity contribution >= 4 is 30.1 Å². The van der Waals surface area contributed by atoms with Crippen LogP contribution in [-0.4, -0.2) is 45.7 Å². The number of thioether (sulfide) groups is 1. The van der Waals surface area contributed by atoms with Gasteiger partial charge in [-0.3, -0.25) is 4.79 Å². The van der Waals surface area contributed by atoms with Gasteiger partial charge < -0.3 is 14.8 Å². The number of hydrogen-bond donors (Lipinski definition) is 1. The Labute approximate surface area is 177 Å². The van der Waals surface area contributed by atoms with Crippen molar-refractivity contribution in [3.05, 3.63) is 48.0 Å². The molecule has 1 atom stereocenters. The molecule has 1 saturated heterocycles. The maximum Gasteiger partial charge on any atom is 0.255 e. The number of nitrogens with zero attached hydrogens (tertiary/aromatic N) is 3. The number of benzene rings is 1. The van der Waals surface area contributed by atoms with E-state index in [0.29, 0.717) is 18.0 Å². The van der Waals surface area contributed by atoms with Crippen LogP contribution in [0.2, 0.25) is 0 Å². The first kappa shape index (κ1) is 21.2. The van der Waals surface area contributed by atoms with Gasteiger partial charge in [0.2, 0.25) is 0 Å². The van der Waals surface area contributed by atoms with Gasteiger partial charge in [-0.2, -0.15) is 0 Å². The van der Waals surface area contributed by atoms with E-state index in [2.05, 4.69) is 26.7 Å². The fourth-order valence-corrected chi connectivity index (χ4v) is 5.05. The fraction of sp³-hybridized carbons (Fsp3) is 0.524. The highest BCUT2D eigenvalue weighted by molar-refractivity contribution is 7.98. The quantitative estimate of drug-likeness (QED) is 0.721. The van der Waals surface area contributed by atoms with E-state index in [1.165, 1.54) is 0 Å². The molecule has 2 aromatic rings. The van der Waals surface area contributed by atoms with Gasteiger partial charge in [-0.1, -0.05) is 12.1 Å². The average Bonchev–Trinajstić information content (AvgIpc) is 3.19. The third kappa shape index (κ3) is 3.95. The molecule has 1 N–H and O–H groups in total. The standard InChI is InChI=1S/C21H28N4OS.ClH/c1-3-24-13-12-23-19(24)15-25(18-14-21(18)8-10-22-11-9-21)20(26)16-6-4-5-7-17(16)27-2;/h4-7,12-13,18,22H,3,8-11,14-15H2,1-2H3;1H. The summed E-state index contributed by atoms with van der Waals surface area (Å²) in [6.07, 6.45) is 9.31. The summed E-state index contributed by atoms with van der Waals surface area (Å²) in [5.74, 6) is 1.12. The van der Waals surface area contributed by atoms with E-state index in [4.69, 9.17) is 0 Å². The summed E-state index contributed by atoms with van der Waals surface area (Å²) in [5.41, 5.74) is 1.12. The minimum atomic E-state index is 0. The molecular weight excluding hydrogens is 392 g/mol. The Balaban J connectivity index is 0.00000225. The Hall–Kier alpha value is -1.50. The number of piperidine rings is 1. The van der Waals surface area contributed by atoms with Crippen molar-refractivity contribution in [2.24, 2.45) is 5.41 Å². The van der Waals surface area contributed by atoms with Gasteiger partial charge in [0, 0.05) is 29.9 Å². The van der Waals surface area contributed by atoms with E-state index in [-0.39, 0.29) is 18.3 Å². The number of aromatic nitrogens is 2. The van der Waals surface area contributed by atoms with Gasteiger partial charge in [-0.15, -0.1) is 24.2 Å². The summed E-state index contributed by atoms with van der Waals surface area (Å²) in [7, 11) is 0. The van der Waals surface area contributed by atoms with Gasteiger partial charge >= 0.3 is 0 Å². The summed E-state index contributed by atoms with van der Waals surface area (Å²) in [4.78, 5) is 21.3. The predicted octanol–water partition coefficient (Wildman–Crippen LogP) is 3.83. The van der Waals surface area contributed by atoms with E-state index in [0.717, 1.165) is 55.2 Å². The molecule has 2 aliphatic rings. The van der Waals surface area contributed by atoms with E-state index in [9.17, 15) is 4.79 Å². The molecule has 28 heavy (non-hydrogen) atoms. The maximum absolute atomic E-state index is 13.6. The molecule has 1 unspecified atom stereocenters. The lowest BCUT2D eigenvalue weighted by molar-refractivity contribution is 0.0681. The van der Waals surface area contributed by atoms with Gasteiger partial charge in [0.1, 0.15) is 5.82 Å². The van der Waals surface area contributed by atoms with Crippen molar-refractivity contribution in [1.29, 1.82) is 0 Å². The number of imidazole rings is 1. The van der Waals surface area contributed by atoms with Crippen LogP contribution in [-0.2, 0) is 13.1 Å². The lowest BCUT2D eigenvalue weighted by Gasteiger charge is -2.30. The number of carbonyl (C=O) groups is 1. The summed E-state index contributed by atoms with van der Waals surface area (Å²) < 4.78 is 2.14. The number of amides is 1.